The van der Waals surface area contributed by atoms with Crippen LogP contribution < -0.4 is 16.4 Å². The van der Waals surface area contributed by atoms with Crippen molar-refractivity contribution < 1.29 is 4.79 Å². The third-order valence-electron chi connectivity index (χ3n) is 2.39. The summed E-state index contributed by atoms with van der Waals surface area (Å²) >= 11 is 0. The summed E-state index contributed by atoms with van der Waals surface area (Å²) in [6, 6.07) is 0. The number of nitrogen functional groups attached to an aromatic ring is 1. The normalized spacial score (nSPS) is 14.4. The summed E-state index contributed by atoms with van der Waals surface area (Å²) in [7, 11) is 0. The Morgan fingerprint density at radius 3 is 2.76 bits per heavy atom. The molecule has 4 N–H and O–H groups in total. The highest BCUT2D eigenvalue weighted by molar-refractivity contribution is 5.72. The van der Waals surface area contributed by atoms with Gasteiger partial charge in [0.2, 0.25) is 17.8 Å². The van der Waals surface area contributed by atoms with Crippen molar-refractivity contribution in [3.05, 3.63) is 5.82 Å². The highest BCUT2D eigenvalue weighted by atomic mass is 16.1. The van der Waals surface area contributed by atoms with E-state index in [4.69, 9.17) is 5.73 Å². The van der Waals surface area contributed by atoms with Gasteiger partial charge in [-0.05, 0) is 12.8 Å². The average Bonchev–Trinajstić information content (AvgIpc) is 3.07. The van der Waals surface area contributed by atoms with Gasteiger partial charge < -0.3 is 16.4 Å². The van der Waals surface area contributed by atoms with E-state index < -0.39 is 0 Å². The SMILES string of the molecule is CC(=O)NCCNc1nc(N)nc(C2CC2)n1. The van der Waals surface area contributed by atoms with Gasteiger partial charge in [-0.3, -0.25) is 4.79 Å². The van der Waals surface area contributed by atoms with Gasteiger partial charge in [-0.15, -0.1) is 0 Å². The molecule has 0 bridgehead atoms. The zero-order chi connectivity index (χ0) is 12.3. The van der Waals surface area contributed by atoms with Crippen LogP contribution in [0.3, 0.4) is 0 Å². The summed E-state index contributed by atoms with van der Waals surface area (Å²) in [6.07, 6.45) is 2.24. The number of nitrogens with zero attached hydrogens (tertiary/aromatic N) is 3. The van der Waals surface area contributed by atoms with Gasteiger partial charge in [-0.1, -0.05) is 0 Å². The molecule has 0 aliphatic heterocycles. The molecule has 17 heavy (non-hydrogen) atoms. The smallest absolute Gasteiger partial charge is 0.227 e. The molecule has 1 aliphatic carbocycles. The lowest BCUT2D eigenvalue weighted by atomic mass is 10.4. The van der Waals surface area contributed by atoms with E-state index in [-0.39, 0.29) is 11.9 Å². The molecule has 1 fully saturated rings. The second kappa shape index (κ2) is 4.94. The molecule has 0 aromatic carbocycles. The molecular weight excluding hydrogens is 220 g/mol. The third kappa shape index (κ3) is 3.54. The molecule has 1 saturated carbocycles. The molecule has 0 radical (unpaired) electrons. The zero-order valence-electron chi connectivity index (χ0n) is 9.73. The quantitative estimate of drug-likeness (QED) is 0.615. The number of carbonyl (C=O) groups is 1. The van der Waals surface area contributed by atoms with Crippen LogP contribution in [0.5, 0.6) is 0 Å². The first-order chi connectivity index (χ1) is 8.15. The largest absolute Gasteiger partial charge is 0.368 e. The number of nitrogens with one attached hydrogen (secondary N) is 2. The lowest BCUT2D eigenvalue weighted by Gasteiger charge is -2.07. The number of amides is 1. The molecule has 7 heteroatoms. The van der Waals surface area contributed by atoms with Gasteiger partial charge in [0.1, 0.15) is 5.82 Å². The van der Waals surface area contributed by atoms with Crippen molar-refractivity contribution in [1.82, 2.24) is 20.3 Å². The molecule has 1 heterocycles. The first kappa shape index (κ1) is 11.6. The Labute approximate surface area is 99.2 Å². The van der Waals surface area contributed by atoms with E-state index in [0.717, 1.165) is 18.7 Å². The summed E-state index contributed by atoms with van der Waals surface area (Å²) < 4.78 is 0. The minimum atomic E-state index is -0.0550. The van der Waals surface area contributed by atoms with E-state index >= 15 is 0 Å². The van der Waals surface area contributed by atoms with E-state index in [1.54, 1.807) is 0 Å². The monoisotopic (exact) mass is 236 g/mol. The number of hydrogen-bond acceptors (Lipinski definition) is 6. The Balaban J connectivity index is 1.89. The van der Waals surface area contributed by atoms with Crippen molar-refractivity contribution >= 4 is 17.8 Å². The predicted octanol–water partition coefficient (Wildman–Crippen LogP) is -0.121. The maximum Gasteiger partial charge on any atom is 0.227 e. The third-order valence-corrected chi connectivity index (χ3v) is 2.39. The van der Waals surface area contributed by atoms with Crippen molar-refractivity contribution in [2.45, 2.75) is 25.7 Å². The fourth-order valence-electron chi connectivity index (χ4n) is 1.43. The number of anilines is 2. The Bertz CT molecular complexity index is 417. The topological polar surface area (TPSA) is 106 Å². The van der Waals surface area contributed by atoms with E-state index in [1.165, 1.54) is 6.92 Å². The maximum absolute atomic E-state index is 10.7. The second-order valence-corrected chi connectivity index (χ2v) is 4.06. The Morgan fingerprint density at radius 1 is 1.35 bits per heavy atom. The van der Waals surface area contributed by atoms with Gasteiger partial charge >= 0.3 is 0 Å². The number of aromatic nitrogens is 3. The van der Waals surface area contributed by atoms with Crippen molar-refractivity contribution in [3.8, 4) is 0 Å². The van der Waals surface area contributed by atoms with Crippen LogP contribution >= 0.6 is 0 Å². The molecule has 1 amide bonds. The molecule has 0 atom stereocenters. The molecule has 0 saturated heterocycles. The Hall–Kier alpha value is -1.92. The first-order valence-electron chi connectivity index (χ1n) is 5.65. The molecule has 1 aromatic heterocycles. The van der Waals surface area contributed by atoms with Gasteiger partial charge in [-0.2, -0.15) is 15.0 Å². The van der Waals surface area contributed by atoms with Crippen LogP contribution in [-0.4, -0.2) is 33.9 Å². The Kier molecular flexibility index (Phi) is 3.36. The van der Waals surface area contributed by atoms with Gasteiger partial charge in [-0.25, -0.2) is 0 Å². The summed E-state index contributed by atoms with van der Waals surface area (Å²) in [4.78, 5) is 23.0. The van der Waals surface area contributed by atoms with Crippen molar-refractivity contribution in [1.29, 1.82) is 0 Å². The molecule has 1 aromatic rings. The molecule has 0 spiro atoms. The van der Waals surface area contributed by atoms with Crippen LogP contribution in [0.25, 0.3) is 0 Å². The van der Waals surface area contributed by atoms with E-state index in [9.17, 15) is 4.79 Å². The van der Waals surface area contributed by atoms with Gasteiger partial charge in [0.25, 0.3) is 0 Å². The fraction of sp³-hybridized carbons (Fsp3) is 0.600. The highest BCUT2D eigenvalue weighted by Gasteiger charge is 2.27. The van der Waals surface area contributed by atoms with Crippen molar-refractivity contribution in [3.63, 3.8) is 0 Å². The van der Waals surface area contributed by atoms with Crippen LogP contribution in [0.15, 0.2) is 0 Å². The number of nitrogens with two attached hydrogens (primary N) is 1. The Morgan fingerprint density at radius 2 is 2.12 bits per heavy atom. The fourth-order valence-corrected chi connectivity index (χ4v) is 1.43. The van der Waals surface area contributed by atoms with E-state index in [2.05, 4.69) is 25.6 Å². The van der Waals surface area contributed by atoms with Crippen molar-refractivity contribution in [2.24, 2.45) is 0 Å². The summed E-state index contributed by atoms with van der Waals surface area (Å²) in [5.74, 6) is 1.87. The minimum absolute atomic E-state index is 0.0550. The standard InChI is InChI=1S/C10H16N6O/c1-6(17)12-4-5-13-10-15-8(7-2-3-7)14-9(11)16-10/h7H,2-5H2,1H3,(H,12,17)(H3,11,13,14,15,16). The van der Waals surface area contributed by atoms with Gasteiger partial charge in [0.15, 0.2) is 0 Å². The molecule has 92 valence electrons. The molecule has 1 aliphatic rings. The second-order valence-electron chi connectivity index (χ2n) is 4.06. The first-order valence-corrected chi connectivity index (χ1v) is 5.65. The highest BCUT2D eigenvalue weighted by Crippen LogP contribution is 2.38. The molecule has 0 unspecified atom stereocenters. The number of hydrogen-bond donors (Lipinski definition) is 3. The van der Waals surface area contributed by atoms with E-state index in [1.807, 2.05) is 0 Å². The van der Waals surface area contributed by atoms with Crippen LogP contribution in [0, 0.1) is 0 Å². The van der Waals surface area contributed by atoms with Crippen LogP contribution in [0.4, 0.5) is 11.9 Å². The maximum atomic E-state index is 10.7. The minimum Gasteiger partial charge on any atom is -0.368 e. The van der Waals surface area contributed by atoms with Crippen LogP contribution in [0.1, 0.15) is 31.5 Å². The van der Waals surface area contributed by atoms with Gasteiger partial charge in [0, 0.05) is 25.9 Å². The predicted molar refractivity (Wildman–Crippen MR) is 63.4 cm³/mol. The number of rotatable bonds is 5. The lowest BCUT2D eigenvalue weighted by Crippen LogP contribution is -2.26. The van der Waals surface area contributed by atoms with Crippen LogP contribution in [0.2, 0.25) is 0 Å². The molecule has 7 nitrogen and oxygen atoms in total. The van der Waals surface area contributed by atoms with Crippen molar-refractivity contribution in [2.75, 3.05) is 24.1 Å². The van der Waals surface area contributed by atoms with Crippen LogP contribution in [-0.2, 0) is 4.79 Å². The summed E-state index contributed by atoms with van der Waals surface area (Å²) in [5.41, 5.74) is 5.61. The average molecular weight is 236 g/mol. The summed E-state index contributed by atoms with van der Waals surface area (Å²) in [6.45, 7) is 2.57. The number of carbonyl (C=O) groups excluding carboxylic acids is 1. The zero-order valence-corrected chi connectivity index (χ0v) is 9.73. The van der Waals surface area contributed by atoms with E-state index in [0.29, 0.717) is 25.0 Å². The molecular formula is C10H16N6O. The lowest BCUT2D eigenvalue weighted by molar-refractivity contribution is -0.118. The van der Waals surface area contributed by atoms with Gasteiger partial charge in [0.05, 0.1) is 0 Å². The summed E-state index contributed by atoms with van der Waals surface area (Å²) in [5, 5.41) is 5.68. The molecule has 2 rings (SSSR count).